The van der Waals surface area contributed by atoms with E-state index in [1.165, 1.54) is 6.42 Å². The number of carboxylic acids is 1. The third-order valence-corrected chi connectivity index (χ3v) is 4.41. The molecular weight excluding hydrogens is 334 g/mol. The molecule has 1 aromatic carbocycles. The summed E-state index contributed by atoms with van der Waals surface area (Å²) >= 11 is 3.37. The molecule has 1 aromatic rings. The van der Waals surface area contributed by atoms with Crippen molar-refractivity contribution in [2.75, 3.05) is 0 Å². The topological polar surface area (TPSA) is 66.4 Å². The Labute approximate surface area is 133 Å². The van der Waals surface area contributed by atoms with E-state index in [0.29, 0.717) is 6.42 Å². The maximum atomic E-state index is 12.2. The fourth-order valence-electron chi connectivity index (χ4n) is 2.75. The highest BCUT2D eigenvalue weighted by molar-refractivity contribution is 9.10. The summed E-state index contributed by atoms with van der Waals surface area (Å²) in [6.07, 6.45) is 5.32. The molecule has 0 saturated heterocycles. The number of carbonyl (C=O) groups is 2. The second-order valence-corrected chi connectivity index (χ2v) is 6.48. The zero-order valence-electron chi connectivity index (χ0n) is 11.8. The van der Waals surface area contributed by atoms with Gasteiger partial charge in [0.1, 0.15) is 6.04 Å². The summed E-state index contributed by atoms with van der Waals surface area (Å²) in [5.74, 6) is -1.13. The molecule has 0 aliphatic heterocycles. The number of nitrogens with one attached hydrogen (secondary N) is 1. The van der Waals surface area contributed by atoms with Gasteiger partial charge in [-0.2, -0.15) is 0 Å². The number of amides is 1. The van der Waals surface area contributed by atoms with Crippen molar-refractivity contribution in [2.45, 2.75) is 44.6 Å². The lowest BCUT2D eigenvalue weighted by Gasteiger charge is -2.23. The number of hydrogen-bond acceptors (Lipinski definition) is 2. The molecule has 114 valence electrons. The summed E-state index contributed by atoms with van der Waals surface area (Å²) in [5.41, 5.74) is 0.890. The lowest BCUT2D eigenvalue weighted by Crippen LogP contribution is -2.45. The molecule has 0 spiro atoms. The maximum absolute atomic E-state index is 12.2. The van der Waals surface area contributed by atoms with Crippen LogP contribution in [-0.4, -0.2) is 23.0 Å². The number of halogens is 1. The van der Waals surface area contributed by atoms with Crippen molar-refractivity contribution >= 4 is 27.8 Å². The standard InChI is InChI=1S/C16H20BrNO3/c17-13-8-4-5-11(9-13)10-14(16(20)21)18-15(19)12-6-2-1-3-7-12/h4-5,8-9,12,14H,1-3,6-7,10H2,(H,18,19)(H,20,21)/t14-/m1/s1. The molecule has 1 aliphatic carbocycles. The van der Waals surface area contributed by atoms with Gasteiger partial charge >= 0.3 is 5.97 Å². The number of benzene rings is 1. The Morgan fingerprint density at radius 2 is 2.00 bits per heavy atom. The Morgan fingerprint density at radius 1 is 1.29 bits per heavy atom. The van der Waals surface area contributed by atoms with Crippen LogP contribution in [0.4, 0.5) is 0 Å². The Kier molecular flexibility index (Phi) is 5.79. The summed E-state index contributed by atoms with van der Waals surface area (Å²) in [5, 5.41) is 12.0. The van der Waals surface area contributed by atoms with E-state index in [-0.39, 0.29) is 11.8 Å². The van der Waals surface area contributed by atoms with Crippen LogP contribution in [0.3, 0.4) is 0 Å². The van der Waals surface area contributed by atoms with Gasteiger partial charge in [-0.15, -0.1) is 0 Å². The molecule has 0 heterocycles. The molecule has 5 heteroatoms. The number of carboxylic acid groups (broad SMARTS) is 1. The molecule has 0 radical (unpaired) electrons. The van der Waals surface area contributed by atoms with Gasteiger partial charge in [0.15, 0.2) is 0 Å². The maximum Gasteiger partial charge on any atom is 0.326 e. The molecule has 0 aromatic heterocycles. The minimum atomic E-state index is -0.987. The quantitative estimate of drug-likeness (QED) is 0.854. The number of rotatable bonds is 5. The van der Waals surface area contributed by atoms with Crippen molar-refractivity contribution in [1.82, 2.24) is 5.32 Å². The summed E-state index contributed by atoms with van der Waals surface area (Å²) in [4.78, 5) is 23.6. The predicted molar refractivity (Wildman–Crippen MR) is 84.0 cm³/mol. The fraction of sp³-hybridized carbons (Fsp3) is 0.500. The normalized spacial score (nSPS) is 17.2. The monoisotopic (exact) mass is 353 g/mol. The Balaban J connectivity index is 1.98. The molecule has 2 N–H and O–H groups in total. The van der Waals surface area contributed by atoms with Crippen molar-refractivity contribution < 1.29 is 14.7 Å². The third kappa shape index (κ3) is 4.84. The van der Waals surface area contributed by atoms with Gasteiger partial charge < -0.3 is 10.4 Å². The van der Waals surface area contributed by atoms with Crippen molar-refractivity contribution in [3.05, 3.63) is 34.3 Å². The van der Waals surface area contributed by atoms with Gasteiger partial charge in [0.25, 0.3) is 0 Å². The van der Waals surface area contributed by atoms with Crippen LogP contribution >= 0.6 is 15.9 Å². The Bertz CT molecular complexity index is 512. The molecule has 1 aliphatic rings. The highest BCUT2D eigenvalue weighted by atomic mass is 79.9. The summed E-state index contributed by atoms with van der Waals surface area (Å²) in [7, 11) is 0. The van der Waals surface area contributed by atoms with E-state index in [1.54, 1.807) is 0 Å². The Hall–Kier alpha value is -1.36. The first-order valence-corrected chi connectivity index (χ1v) is 8.13. The lowest BCUT2D eigenvalue weighted by molar-refractivity contribution is -0.142. The van der Waals surface area contributed by atoms with E-state index >= 15 is 0 Å². The molecule has 0 bridgehead atoms. The van der Waals surface area contributed by atoms with Crippen LogP contribution in [0.15, 0.2) is 28.7 Å². The molecule has 1 saturated carbocycles. The van der Waals surface area contributed by atoms with Gasteiger partial charge in [-0.3, -0.25) is 4.79 Å². The average molecular weight is 354 g/mol. The van der Waals surface area contributed by atoms with Gasteiger partial charge in [0, 0.05) is 16.8 Å². The van der Waals surface area contributed by atoms with Crippen LogP contribution in [-0.2, 0) is 16.0 Å². The lowest BCUT2D eigenvalue weighted by atomic mass is 9.88. The fourth-order valence-corrected chi connectivity index (χ4v) is 3.20. The van der Waals surface area contributed by atoms with Gasteiger partial charge in [0.2, 0.25) is 5.91 Å². The average Bonchev–Trinajstić information content (AvgIpc) is 2.47. The summed E-state index contributed by atoms with van der Waals surface area (Å²) < 4.78 is 0.905. The molecule has 4 nitrogen and oxygen atoms in total. The van der Waals surface area contributed by atoms with Crippen LogP contribution < -0.4 is 5.32 Å². The molecule has 1 amide bonds. The van der Waals surface area contributed by atoms with Crippen LogP contribution in [0, 0.1) is 5.92 Å². The molecule has 0 unspecified atom stereocenters. The molecule has 21 heavy (non-hydrogen) atoms. The minimum absolute atomic E-state index is 0.0249. The zero-order valence-corrected chi connectivity index (χ0v) is 13.4. The summed E-state index contributed by atoms with van der Waals surface area (Å²) in [6.45, 7) is 0. The van der Waals surface area contributed by atoms with Gasteiger partial charge in [-0.05, 0) is 30.5 Å². The molecular formula is C16H20BrNO3. The van der Waals surface area contributed by atoms with Crippen molar-refractivity contribution in [3.8, 4) is 0 Å². The number of aliphatic carboxylic acids is 1. The van der Waals surface area contributed by atoms with E-state index in [4.69, 9.17) is 0 Å². The van der Waals surface area contributed by atoms with Gasteiger partial charge in [-0.25, -0.2) is 4.79 Å². The van der Waals surface area contributed by atoms with E-state index < -0.39 is 12.0 Å². The smallest absolute Gasteiger partial charge is 0.326 e. The minimum Gasteiger partial charge on any atom is -0.480 e. The van der Waals surface area contributed by atoms with Crippen molar-refractivity contribution in [2.24, 2.45) is 5.92 Å². The van der Waals surface area contributed by atoms with E-state index in [2.05, 4.69) is 21.2 Å². The van der Waals surface area contributed by atoms with Gasteiger partial charge in [-0.1, -0.05) is 47.3 Å². The largest absolute Gasteiger partial charge is 0.480 e. The SMILES string of the molecule is O=C(N[C@H](Cc1cccc(Br)c1)C(=O)O)C1CCCCC1. The highest BCUT2D eigenvalue weighted by Crippen LogP contribution is 2.24. The third-order valence-electron chi connectivity index (χ3n) is 3.92. The zero-order chi connectivity index (χ0) is 15.2. The Morgan fingerprint density at radius 3 is 2.62 bits per heavy atom. The van der Waals surface area contributed by atoms with Crippen LogP contribution in [0.2, 0.25) is 0 Å². The first-order chi connectivity index (χ1) is 10.1. The first-order valence-electron chi connectivity index (χ1n) is 7.34. The second-order valence-electron chi connectivity index (χ2n) is 5.57. The van der Waals surface area contributed by atoms with Crippen molar-refractivity contribution in [1.29, 1.82) is 0 Å². The van der Waals surface area contributed by atoms with Crippen LogP contribution in [0.5, 0.6) is 0 Å². The number of hydrogen-bond donors (Lipinski definition) is 2. The van der Waals surface area contributed by atoms with E-state index in [9.17, 15) is 14.7 Å². The molecule has 1 atom stereocenters. The van der Waals surface area contributed by atoms with E-state index in [1.807, 2.05) is 24.3 Å². The number of carbonyl (C=O) groups excluding carboxylic acids is 1. The molecule has 2 rings (SSSR count). The first kappa shape index (κ1) is 16.0. The van der Waals surface area contributed by atoms with Crippen LogP contribution in [0.1, 0.15) is 37.7 Å². The van der Waals surface area contributed by atoms with Crippen molar-refractivity contribution in [3.63, 3.8) is 0 Å². The van der Waals surface area contributed by atoms with Gasteiger partial charge in [0.05, 0.1) is 0 Å². The van der Waals surface area contributed by atoms with Crippen LogP contribution in [0.25, 0.3) is 0 Å². The molecule has 1 fully saturated rings. The van der Waals surface area contributed by atoms with E-state index in [0.717, 1.165) is 35.7 Å². The predicted octanol–water partition coefficient (Wildman–Crippen LogP) is 3.14. The highest BCUT2D eigenvalue weighted by Gasteiger charge is 2.26. The second kappa shape index (κ2) is 7.59. The summed E-state index contributed by atoms with van der Waals surface area (Å²) in [6, 6.07) is 6.63.